The van der Waals surface area contributed by atoms with Gasteiger partial charge in [-0.3, -0.25) is 0 Å². The molecule has 1 atom stereocenters. The highest BCUT2D eigenvalue weighted by atomic mass is 16.5. The zero-order valence-electron chi connectivity index (χ0n) is 13.3. The van der Waals surface area contributed by atoms with Crippen LogP contribution in [0.4, 0.5) is 5.69 Å². The molecule has 0 radical (unpaired) electrons. The van der Waals surface area contributed by atoms with Crippen LogP contribution in [-0.4, -0.2) is 20.7 Å². The van der Waals surface area contributed by atoms with Crippen molar-refractivity contribution in [1.29, 1.82) is 0 Å². The van der Waals surface area contributed by atoms with Crippen LogP contribution in [-0.2, 0) is 0 Å². The quantitative estimate of drug-likeness (QED) is 0.914. The van der Waals surface area contributed by atoms with Crippen molar-refractivity contribution in [2.24, 2.45) is 5.73 Å². The van der Waals surface area contributed by atoms with Gasteiger partial charge in [-0.25, -0.2) is 0 Å². The van der Waals surface area contributed by atoms with Crippen LogP contribution in [0.25, 0.3) is 0 Å². The molecule has 2 aromatic carbocycles. The van der Waals surface area contributed by atoms with Gasteiger partial charge in [0.2, 0.25) is 0 Å². The molecule has 0 aliphatic carbocycles. The van der Waals surface area contributed by atoms with Crippen molar-refractivity contribution in [3.63, 3.8) is 0 Å². The standard InChI is InChI=1S/C18H24N2O/c1-13-6-5-7-15(10-13)20(3)12-17(19)16-11-14(2)8-9-18(16)21-4/h5-11,17H,12,19H2,1-4H3. The van der Waals surface area contributed by atoms with Gasteiger partial charge < -0.3 is 15.4 Å². The summed E-state index contributed by atoms with van der Waals surface area (Å²) in [6, 6.07) is 14.5. The maximum Gasteiger partial charge on any atom is 0.123 e. The predicted molar refractivity (Wildman–Crippen MR) is 89.1 cm³/mol. The number of nitrogens with zero attached hydrogens (tertiary/aromatic N) is 1. The van der Waals surface area contributed by atoms with E-state index in [9.17, 15) is 0 Å². The molecule has 0 aliphatic rings. The number of aryl methyl sites for hydroxylation is 2. The van der Waals surface area contributed by atoms with E-state index < -0.39 is 0 Å². The summed E-state index contributed by atoms with van der Waals surface area (Å²) in [5.41, 5.74) is 11.1. The van der Waals surface area contributed by atoms with Gasteiger partial charge in [0, 0.05) is 24.8 Å². The Hall–Kier alpha value is -2.00. The number of hydrogen-bond donors (Lipinski definition) is 1. The molecule has 21 heavy (non-hydrogen) atoms. The van der Waals surface area contributed by atoms with E-state index in [1.54, 1.807) is 7.11 Å². The van der Waals surface area contributed by atoms with Crippen molar-refractivity contribution < 1.29 is 4.74 Å². The predicted octanol–water partition coefficient (Wildman–Crippen LogP) is 3.45. The number of ether oxygens (including phenoxy) is 1. The van der Waals surface area contributed by atoms with Crippen LogP contribution in [0.5, 0.6) is 5.75 Å². The van der Waals surface area contributed by atoms with E-state index in [4.69, 9.17) is 10.5 Å². The lowest BCUT2D eigenvalue weighted by Gasteiger charge is -2.25. The fourth-order valence-electron chi connectivity index (χ4n) is 2.51. The topological polar surface area (TPSA) is 38.5 Å². The summed E-state index contributed by atoms with van der Waals surface area (Å²) in [6.07, 6.45) is 0. The third kappa shape index (κ3) is 3.76. The van der Waals surface area contributed by atoms with Crippen molar-refractivity contribution in [2.45, 2.75) is 19.9 Å². The Morgan fingerprint density at radius 3 is 2.48 bits per heavy atom. The monoisotopic (exact) mass is 284 g/mol. The second-order valence-electron chi connectivity index (χ2n) is 5.57. The first-order valence-electron chi connectivity index (χ1n) is 7.19. The van der Waals surface area contributed by atoms with Gasteiger partial charge in [-0.05, 0) is 37.6 Å². The Bertz CT molecular complexity index is 610. The summed E-state index contributed by atoms with van der Waals surface area (Å²) >= 11 is 0. The van der Waals surface area contributed by atoms with Crippen molar-refractivity contribution in [3.05, 3.63) is 59.2 Å². The molecular formula is C18H24N2O. The first-order valence-corrected chi connectivity index (χ1v) is 7.19. The Kier molecular flexibility index (Phi) is 4.86. The van der Waals surface area contributed by atoms with Gasteiger partial charge in [0.1, 0.15) is 5.75 Å². The van der Waals surface area contributed by atoms with Crippen molar-refractivity contribution in [2.75, 3.05) is 25.6 Å². The first kappa shape index (κ1) is 15.4. The van der Waals surface area contributed by atoms with Crippen LogP contribution in [0.1, 0.15) is 22.7 Å². The van der Waals surface area contributed by atoms with Gasteiger partial charge in [0.15, 0.2) is 0 Å². The molecule has 0 aromatic heterocycles. The van der Waals surface area contributed by atoms with Gasteiger partial charge in [-0.15, -0.1) is 0 Å². The van der Waals surface area contributed by atoms with Crippen LogP contribution in [0.3, 0.4) is 0 Å². The Labute approximate surface area is 127 Å². The molecule has 3 heteroatoms. The van der Waals surface area contributed by atoms with E-state index >= 15 is 0 Å². The maximum absolute atomic E-state index is 6.39. The van der Waals surface area contributed by atoms with E-state index in [0.717, 1.165) is 17.9 Å². The summed E-state index contributed by atoms with van der Waals surface area (Å²) in [7, 11) is 3.75. The molecule has 0 saturated carbocycles. The van der Waals surface area contributed by atoms with Crippen molar-refractivity contribution >= 4 is 5.69 Å². The van der Waals surface area contributed by atoms with Crippen LogP contribution < -0.4 is 15.4 Å². The molecule has 2 aromatic rings. The Balaban J connectivity index is 2.17. The fraction of sp³-hybridized carbons (Fsp3) is 0.333. The molecule has 2 rings (SSSR count). The number of methoxy groups -OCH3 is 1. The van der Waals surface area contributed by atoms with Gasteiger partial charge in [-0.2, -0.15) is 0 Å². The minimum atomic E-state index is -0.0923. The Morgan fingerprint density at radius 2 is 1.81 bits per heavy atom. The third-order valence-electron chi connectivity index (χ3n) is 3.70. The second-order valence-corrected chi connectivity index (χ2v) is 5.57. The SMILES string of the molecule is COc1ccc(C)cc1C(N)CN(C)c1cccc(C)c1. The average molecular weight is 284 g/mol. The number of benzene rings is 2. The molecule has 0 fully saturated rings. The van der Waals surface area contributed by atoms with Gasteiger partial charge in [0.05, 0.1) is 13.2 Å². The summed E-state index contributed by atoms with van der Waals surface area (Å²) < 4.78 is 5.43. The highest BCUT2D eigenvalue weighted by molar-refractivity contribution is 5.48. The molecule has 3 nitrogen and oxygen atoms in total. The lowest BCUT2D eigenvalue weighted by Crippen LogP contribution is -2.29. The molecule has 0 amide bonds. The fourth-order valence-corrected chi connectivity index (χ4v) is 2.51. The number of likely N-dealkylation sites (N-methyl/N-ethyl adjacent to an activating group) is 1. The van der Waals surface area contributed by atoms with E-state index in [-0.39, 0.29) is 6.04 Å². The summed E-state index contributed by atoms with van der Waals surface area (Å²) in [4.78, 5) is 2.18. The molecule has 0 heterocycles. The maximum atomic E-state index is 6.39. The zero-order valence-corrected chi connectivity index (χ0v) is 13.3. The molecule has 0 spiro atoms. The van der Waals surface area contributed by atoms with Crippen LogP contribution in [0.15, 0.2) is 42.5 Å². The second kappa shape index (κ2) is 6.64. The first-order chi connectivity index (χ1) is 10.0. The van der Waals surface area contributed by atoms with Crippen molar-refractivity contribution in [3.8, 4) is 5.75 Å². The highest BCUT2D eigenvalue weighted by Crippen LogP contribution is 2.26. The number of nitrogens with two attached hydrogens (primary N) is 1. The van der Waals surface area contributed by atoms with Crippen LogP contribution >= 0.6 is 0 Å². The normalized spacial score (nSPS) is 12.0. The summed E-state index contributed by atoms with van der Waals surface area (Å²) in [5.74, 6) is 0.853. The molecule has 0 aliphatic heterocycles. The molecule has 1 unspecified atom stereocenters. The van der Waals surface area contributed by atoms with E-state index in [1.165, 1.54) is 16.8 Å². The number of hydrogen-bond acceptors (Lipinski definition) is 3. The highest BCUT2D eigenvalue weighted by Gasteiger charge is 2.14. The third-order valence-corrected chi connectivity index (χ3v) is 3.70. The largest absolute Gasteiger partial charge is 0.496 e. The van der Waals surface area contributed by atoms with Gasteiger partial charge >= 0.3 is 0 Å². The van der Waals surface area contributed by atoms with E-state index in [0.29, 0.717) is 0 Å². The van der Waals surface area contributed by atoms with E-state index in [1.807, 2.05) is 12.1 Å². The molecule has 0 saturated heterocycles. The summed E-state index contributed by atoms with van der Waals surface area (Å²) in [5, 5.41) is 0. The lowest BCUT2D eigenvalue weighted by molar-refractivity contribution is 0.405. The Morgan fingerprint density at radius 1 is 1.10 bits per heavy atom. The number of anilines is 1. The molecule has 2 N–H and O–H groups in total. The molecule has 112 valence electrons. The zero-order chi connectivity index (χ0) is 15.4. The minimum Gasteiger partial charge on any atom is -0.496 e. The van der Waals surface area contributed by atoms with Crippen LogP contribution in [0.2, 0.25) is 0 Å². The minimum absolute atomic E-state index is 0.0923. The average Bonchev–Trinajstić information content (AvgIpc) is 2.47. The lowest BCUT2D eigenvalue weighted by atomic mass is 10.0. The van der Waals surface area contributed by atoms with Gasteiger partial charge in [-0.1, -0.05) is 29.8 Å². The summed E-state index contributed by atoms with van der Waals surface area (Å²) in [6.45, 7) is 4.91. The van der Waals surface area contributed by atoms with E-state index in [2.05, 4.69) is 56.1 Å². The van der Waals surface area contributed by atoms with Gasteiger partial charge in [0.25, 0.3) is 0 Å². The van der Waals surface area contributed by atoms with Crippen LogP contribution in [0, 0.1) is 13.8 Å². The van der Waals surface area contributed by atoms with Crippen molar-refractivity contribution in [1.82, 2.24) is 0 Å². The number of rotatable bonds is 5. The smallest absolute Gasteiger partial charge is 0.123 e. The molecular weight excluding hydrogens is 260 g/mol. The molecule has 0 bridgehead atoms.